The SMILES string of the molecule is C[C@@H]1[C@H](c2ccccc2)[C@H](C(=O)c2ccccc2)CN(Cc2ccccc2)[C@@H]1c1ccccc1. The van der Waals surface area contributed by atoms with Crippen molar-refractivity contribution in [3.05, 3.63) is 144 Å². The van der Waals surface area contributed by atoms with Gasteiger partial charge in [-0.2, -0.15) is 0 Å². The highest BCUT2D eigenvalue weighted by molar-refractivity contribution is 5.98. The number of hydrogen-bond acceptors (Lipinski definition) is 2. The predicted octanol–water partition coefficient (Wildman–Crippen LogP) is 7.16. The molecule has 0 bridgehead atoms. The number of piperidine rings is 1. The summed E-state index contributed by atoms with van der Waals surface area (Å²) in [5.41, 5.74) is 4.65. The zero-order chi connectivity index (χ0) is 23.3. The van der Waals surface area contributed by atoms with E-state index < -0.39 is 0 Å². The Morgan fingerprint density at radius 3 is 1.79 bits per heavy atom. The van der Waals surface area contributed by atoms with Gasteiger partial charge in [0.1, 0.15) is 0 Å². The molecular formula is C32H31NO. The number of nitrogens with zero attached hydrogens (tertiary/aromatic N) is 1. The number of carbonyl (C=O) groups is 1. The molecular weight excluding hydrogens is 414 g/mol. The van der Waals surface area contributed by atoms with E-state index in [9.17, 15) is 4.79 Å². The van der Waals surface area contributed by atoms with E-state index in [4.69, 9.17) is 0 Å². The van der Waals surface area contributed by atoms with Crippen LogP contribution in [-0.2, 0) is 6.54 Å². The van der Waals surface area contributed by atoms with Crippen LogP contribution in [0.3, 0.4) is 0 Å². The Labute approximate surface area is 202 Å². The Hall–Kier alpha value is -3.49. The van der Waals surface area contributed by atoms with Crippen molar-refractivity contribution in [2.75, 3.05) is 6.54 Å². The van der Waals surface area contributed by atoms with E-state index in [1.807, 2.05) is 30.3 Å². The highest BCUT2D eigenvalue weighted by Gasteiger charge is 2.45. The summed E-state index contributed by atoms with van der Waals surface area (Å²) < 4.78 is 0. The van der Waals surface area contributed by atoms with Gasteiger partial charge in [-0.3, -0.25) is 9.69 Å². The van der Waals surface area contributed by atoms with Crippen LogP contribution in [0, 0.1) is 11.8 Å². The molecule has 1 aliphatic rings. The van der Waals surface area contributed by atoms with Gasteiger partial charge in [0.15, 0.2) is 5.78 Å². The van der Waals surface area contributed by atoms with Gasteiger partial charge in [-0.05, 0) is 28.5 Å². The number of Topliss-reactive ketones (excluding diaryl/α,β-unsaturated/α-hetero) is 1. The lowest BCUT2D eigenvalue weighted by molar-refractivity contribution is 0.0321. The van der Waals surface area contributed by atoms with E-state index >= 15 is 0 Å². The zero-order valence-corrected chi connectivity index (χ0v) is 19.6. The van der Waals surface area contributed by atoms with Crippen molar-refractivity contribution in [2.24, 2.45) is 11.8 Å². The molecule has 4 atom stereocenters. The Morgan fingerprint density at radius 1 is 0.706 bits per heavy atom. The van der Waals surface area contributed by atoms with Crippen LogP contribution in [0.1, 0.15) is 45.9 Å². The first-order valence-corrected chi connectivity index (χ1v) is 12.2. The molecule has 0 amide bonds. The van der Waals surface area contributed by atoms with Crippen molar-refractivity contribution in [1.82, 2.24) is 4.90 Å². The highest BCUT2D eigenvalue weighted by atomic mass is 16.1. The van der Waals surface area contributed by atoms with E-state index in [1.165, 1.54) is 16.7 Å². The molecule has 0 radical (unpaired) electrons. The van der Waals surface area contributed by atoms with Gasteiger partial charge in [0.2, 0.25) is 0 Å². The third-order valence-electron chi connectivity index (χ3n) is 7.27. The van der Waals surface area contributed by atoms with Crippen molar-refractivity contribution >= 4 is 5.78 Å². The summed E-state index contributed by atoms with van der Waals surface area (Å²) in [6.07, 6.45) is 0. The third kappa shape index (κ3) is 4.60. The van der Waals surface area contributed by atoms with E-state index in [0.717, 1.165) is 18.7 Å². The molecule has 1 aliphatic heterocycles. The minimum atomic E-state index is -0.108. The van der Waals surface area contributed by atoms with Crippen molar-refractivity contribution in [2.45, 2.75) is 25.4 Å². The lowest BCUT2D eigenvalue weighted by Crippen LogP contribution is -2.48. The van der Waals surface area contributed by atoms with Crippen LogP contribution in [-0.4, -0.2) is 17.2 Å². The van der Waals surface area contributed by atoms with Crippen LogP contribution < -0.4 is 0 Å². The van der Waals surface area contributed by atoms with Crippen LogP contribution in [0.25, 0.3) is 0 Å². The molecule has 1 saturated heterocycles. The average molecular weight is 446 g/mol. The summed E-state index contributed by atoms with van der Waals surface area (Å²) in [6, 6.07) is 42.1. The number of hydrogen-bond donors (Lipinski definition) is 0. The Balaban J connectivity index is 1.59. The van der Waals surface area contributed by atoms with Gasteiger partial charge in [-0.1, -0.05) is 128 Å². The molecule has 4 aromatic rings. The third-order valence-corrected chi connectivity index (χ3v) is 7.27. The second-order valence-corrected chi connectivity index (χ2v) is 9.40. The quantitative estimate of drug-likeness (QED) is 0.293. The maximum atomic E-state index is 13.9. The highest BCUT2D eigenvalue weighted by Crippen LogP contribution is 2.48. The number of likely N-dealkylation sites (tertiary alicyclic amines) is 1. The lowest BCUT2D eigenvalue weighted by Gasteiger charge is -2.48. The standard InChI is InChI=1S/C32H31NO/c1-24-30(26-16-8-3-9-17-26)29(32(34)28-20-12-5-13-21-28)23-33(22-25-14-6-2-7-15-25)31(24)27-18-10-4-11-19-27/h2-21,24,29-31H,22-23H2,1H3/t24-,29-,30-,31+/m1/s1. The smallest absolute Gasteiger partial charge is 0.167 e. The van der Waals surface area contributed by atoms with E-state index in [1.54, 1.807) is 0 Å². The number of carbonyl (C=O) groups excluding carboxylic acids is 1. The molecule has 0 saturated carbocycles. The van der Waals surface area contributed by atoms with E-state index in [0.29, 0.717) is 0 Å². The van der Waals surface area contributed by atoms with Gasteiger partial charge in [-0.25, -0.2) is 0 Å². The number of ketones is 1. The number of benzene rings is 4. The fraction of sp³-hybridized carbons (Fsp3) is 0.219. The number of rotatable bonds is 6. The minimum Gasteiger partial charge on any atom is -0.294 e. The van der Waals surface area contributed by atoms with E-state index in [-0.39, 0.29) is 29.6 Å². The summed E-state index contributed by atoms with van der Waals surface area (Å²) in [6.45, 7) is 3.88. The first-order valence-electron chi connectivity index (χ1n) is 12.2. The molecule has 0 N–H and O–H groups in total. The van der Waals surface area contributed by atoms with Gasteiger partial charge in [0.25, 0.3) is 0 Å². The Morgan fingerprint density at radius 2 is 1.21 bits per heavy atom. The second-order valence-electron chi connectivity index (χ2n) is 9.40. The molecule has 0 aromatic heterocycles. The minimum absolute atomic E-state index is 0.108. The first kappa shape index (κ1) is 22.3. The van der Waals surface area contributed by atoms with Crippen molar-refractivity contribution in [1.29, 1.82) is 0 Å². The molecule has 0 aliphatic carbocycles. The van der Waals surface area contributed by atoms with Gasteiger partial charge >= 0.3 is 0 Å². The van der Waals surface area contributed by atoms with E-state index in [2.05, 4.69) is 103 Å². The van der Waals surface area contributed by atoms with Crippen LogP contribution >= 0.6 is 0 Å². The molecule has 170 valence electrons. The van der Waals surface area contributed by atoms with Crippen molar-refractivity contribution < 1.29 is 4.79 Å². The topological polar surface area (TPSA) is 20.3 Å². The molecule has 0 spiro atoms. The molecule has 1 heterocycles. The van der Waals surface area contributed by atoms with Gasteiger partial charge < -0.3 is 0 Å². The molecule has 0 unspecified atom stereocenters. The zero-order valence-electron chi connectivity index (χ0n) is 19.6. The maximum absolute atomic E-state index is 13.9. The molecule has 34 heavy (non-hydrogen) atoms. The molecule has 2 heteroatoms. The fourth-order valence-electron chi connectivity index (χ4n) is 5.79. The van der Waals surface area contributed by atoms with Gasteiger partial charge in [0.05, 0.1) is 0 Å². The molecule has 1 fully saturated rings. The summed E-state index contributed by atoms with van der Waals surface area (Å²) in [5, 5.41) is 0. The van der Waals surface area contributed by atoms with Crippen LogP contribution in [0.2, 0.25) is 0 Å². The largest absolute Gasteiger partial charge is 0.294 e. The lowest BCUT2D eigenvalue weighted by atomic mass is 9.67. The molecule has 4 aromatic carbocycles. The van der Waals surface area contributed by atoms with Gasteiger partial charge in [0, 0.05) is 30.6 Å². The second kappa shape index (κ2) is 10.2. The average Bonchev–Trinajstić information content (AvgIpc) is 2.90. The van der Waals surface area contributed by atoms with Crippen LogP contribution in [0.5, 0.6) is 0 Å². The summed E-state index contributed by atoms with van der Waals surface area (Å²) in [5.74, 6) is 0.542. The molecule has 5 rings (SSSR count). The van der Waals surface area contributed by atoms with Gasteiger partial charge in [-0.15, -0.1) is 0 Å². The summed E-state index contributed by atoms with van der Waals surface area (Å²) in [4.78, 5) is 16.5. The summed E-state index contributed by atoms with van der Waals surface area (Å²) in [7, 11) is 0. The van der Waals surface area contributed by atoms with Crippen molar-refractivity contribution in [3.63, 3.8) is 0 Å². The van der Waals surface area contributed by atoms with Crippen molar-refractivity contribution in [3.8, 4) is 0 Å². The first-order chi connectivity index (χ1) is 16.7. The Kier molecular flexibility index (Phi) is 6.69. The monoisotopic (exact) mass is 445 g/mol. The Bertz CT molecular complexity index is 1190. The maximum Gasteiger partial charge on any atom is 0.167 e. The van der Waals surface area contributed by atoms with Crippen LogP contribution in [0.4, 0.5) is 0 Å². The normalized spacial score (nSPS) is 22.9. The molecule has 2 nitrogen and oxygen atoms in total. The summed E-state index contributed by atoms with van der Waals surface area (Å²) >= 11 is 0. The van der Waals surface area contributed by atoms with Crippen LogP contribution in [0.15, 0.2) is 121 Å². The fourth-order valence-corrected chi connectivity index (χ4v) is 5.79. The predicted molar refractivity (Wildman–Crippen MR) is 139 cm³/mol.